The van der Waals surface area contributed by atoms with E-state index in [9.17, 15) is 4.79 Å². The first-order valence-electron chi connectivity index (χ1n) is 9.27. The Kier molecular flexibility index (Phi) is 5.19. The van der Waals surface area contributed by atoms with Gasteiger partial charge in [-0.15, -0.1) is 11.3 Å². The van der Waals surface area contributed by atoms with Gasteiger partial charge >= 0.3 is 0 Å². The maximum atomic E-state index is 12.5. The van der Waals surface area contributed by atoms with E-state index >= 15 is 0 Å². The molecule has 4 nitrogen and oxygen atoms in total. The van der Waals surface area contributed by atoms with Gasteiger partial charge in [0.15, 0.2) is 0 Å². The third kappa shape index (κ3) is 3.73. The zero-order valence-corrected chi connectivity index (χ0v) is 17.5. The van der Waals surface area contributed by atoms with Crippen LogP contribution in [0.5, 0.6) is 0 Å². The molecule has 27 heavy (non-hydrogen) atoms. The van der Waals surface area contributed by atoms with Gasteiger partial charge in [0, 0.05) is 10.3 Å². The van der Waals surface area contributed by atoms with Gasteiger partial charge in [-0.25, -0.2) is 9.97 Å². The number of carbonyl (C=O) groups excluding carboxylic acids is 1. The van der Waals surface area contributed by atoms with Gasteiger partial charge in [0.1, 0.15) is 16.2 Å². The number of carbonyl (C=O) groups is 1. The molecule has 0 saturated heterocycles. The maximum Gasteiger partial charge on any atom is 0.230 e. The van der Waals surface area contributed by atoms with Crippen LogP contribution in [0.25, 0.3) is 10.2 Å². The molecule has 1 aliphatic rings. The standard InChI is InChI=1S/C21H23N3OS2/c1-12-7-8-15(9-13(12)2)14(3)24-18(25)10-26-20-19-16-5-4-6-17(16)27-21(19)23-11-22-20/h7-9,11,14H,4-6,10H2,1-3H3,(H,24,25). The fraction of sp³-hybridized carbons (Fsp3) is 0.381. The average molecular weight is 398 g/mol. The summed E-state index contributed by atoms with van der Waals surface area (Å²) in [7, 11) is 0. The molecule has 1 N–H and O–H groups in total. The van der Waals surface area contributed by atoms with E-state index in [-0.39, 0.29) is 11.9 Å². The van der Waals surface area contributed by atoms with Crippen LogP contribution < -0.4 is 5.32 Å². The summed E-state index contributed by atoms with van der Waals surface area (Å²) in [5.41, 5.74) is 5.06. The zero-order valence-electron chi connectivity index (χ0n) is 15.8. The lowest BCUT2D eigenvalue weighted by molar-refractivity contribution is -0.119. The van der Waals surface area contributed by atoms with Crippen molar-refractivity contribution in [3.63, 3.8) is 0 Å². The number of nitrogens with one attached hydrogen (secondary N) is 1. The summed E-state index contributed by atoms with van der Waals surface area (Å²) < 4.78 is 0. The lowest BCUT2D eigenvalue weighted by atomic mass is 10.0. The molecule has 2 aromatic heterocycles. The fourth-order valence-corrected chi connectivity index (χ4v) is 5.67. The van der Waals surface area contributed by atoms with Crippen LogP contribution in [-0.2, 0) is 17.6 Å². The normalized spacial score (nSPS) is 14.3. The van der Waals surface area contributed by atoms with Gasteiger partial charge < -0.3 is 5.32 Å². The van der Waals surface area contributed by atoms with Crippen molar-refractivity contribution in [1.82, 2.24) is 15.3 Å². The molecule has 0 radical (unpaired) electrons. The fourth-order valence-electron chi connectivity index (χ4n) is 3.54. The average Bonchev–Trinajstić information content (AvgIpc) is 3.23. The second kappa shape index (κ2) is 7.60. The van der Waals surface area contributed by atoms with Gasteiger partial charge in [-0.3, -0.25) is 4.79 Å². The molecular weight excluding hydrogens is 374 g/mol. The summed E-state index contributed by atoms with van der Waals surface area (Å²) in [6, 6.07) is 6.34. The predicted molar refractivity (Wildman–Crippen MR) is 113 cm³/mol. The Labute approximate surface area is 167 Å². The number of hydrogen-bond donors (Lipinski definition) is 1. The van der Waals surface area contributed by atoms with E-state index in [0.717, 1.165) is 28.3 Å². The number of nitrogens with zero attached hydrogens (tertiary/aromatic N) is 2. The number of amides is 1. The van der Waals surface area contributed by atoms with Gasteiger partial charge in [0.25, 0.3) is 0 Å². The monoisotopic (exact) mass is 397 g/mol. The number of aryl methyl sites for hydroxylation is 4. The van der Waals surface area contributed by atoms with Crippen molar-refractivity contribution >= 4 is 39.2 Å². The highest BCUT2D eigenvalue weighted by atomic mass is 32.2. The Morgan fingerprint density at radius 1 is 1.26 bits per heavy atom. The van der Waals surface area contributed by atoms with Crippen LogP contribution in [-0.4, -0.2) is 21.6 Å². The van der Waals surface area contributed by atoms with Crippen LogP contribution in [0.1, 0.15) is 46.5 Å². The molecule has 0 spiro atoms. The maximum absolute atomic E-state index is 12.5. The van der Waals surface area contributed by atoms with Crippen LogP contribution >= 0.6 is 23.1 Å². The van der Waals surface area contributed by atoms with E-state index in [1.54, 1.807) is 17.7 Å². The van der Waals surface area contributed by atoms with E-state index in [0.29, 0.717) is 5.75 Å². The molecule has 2 heterocycles. The molecule has 6 heteroatoms. The summed E-state index contributed by atoms with van der Waals surface area (Å²) in [4.78, 5) is 23.9. The van der Waals surface area contributed by atoms with E-state index < -0.39 is 0 Å². The summed E-state index contributed by atoms with van der Waals surface area (Å²) in [6.45, 7) is 6.23. The Morgan fingerprint density at radius 2 is 2.11 bits per heavy atom. The first kappa shape index (κ1) is 18.4. The van der Waals surface area contributed by atoms with Gasteiger partial charge in [0.05, 0.1) is 11.8 Å². The molecular formula is C21H23N3OS2. The highest BCUT2D eigenvalue weighted by molar-refractivity contribution is 8.00. The first-order chi connectivity index (χ1) is 13.0. The van der Waals surface area contributed by atoms with Gasteiger partial charge in [0.2, 0.25) is 5.91 Å². The lowest BCUT2D eigenvalue weighted by Crippen LogP contribution is -2.28. The number of thioether (sulfide) groups is 1. The van der Waals surface area contributed by atoms with Crippen LogP contribution in [0.4, 0.5) is 0 Å². The number of rotatable bonds is 5. The summed E-state index contributed by atoms with van der Waals surface area (Å²) in [6.07, 6.45) is 5.08. The molecule has 140 valence electrons. The quantitative estimate of drug-likeness (QED) is 0.498. The third-order valence-corrected chi connectivity index (χ3v) is 7.40. The topological polar surface area (TPSA) is 54.9 Å². The zero-order chi connectivity index (χ0) is 19.0. The molecule has 0 bridgehead atoms. The second-order valence-electron chi connectivity index (χ2n) is 7.14. The Hall–Kier alpha value is -1.92. The number of thiophene rings is 1. The van der Waals surface area contributed by atoms with Crippen LogP contribution in [0.15, 0.2) is 29.6 Å². The number of aromatic nitrogens is 2. The highest BCUT2D eigenvalue weighted by Crippen LogP contribution is 2.39. The lowest BCUT2D eigenvalue weighted by Gasteiger charge is -2.15. The molecule has 3 aromatic rings. The molecule has 1 atom stereocenters. The van der Waals surface area contributed by atoms with Crippen molar-refractivity contribution in [2.24, 2.45) is 0 Å². The largest absolute Gasteiger partial charge is 0.349 e. The Morgan fingerprint density at radius 3 is 2.93 bits per heavy atom. The third-order valence-electron chi connectivity index (χ3n) is 5.22. The summed E-state index contributed by atoms with van der Waals surface area (Å²) in [5.74, 6) is 0.399. The highest BCUT2D eigenvalue weighted by Gasteiger charge is 2.21. The van der Waals surface area contributed by atoms with Crippen LogP contribution in [0.2, 0.25) is 0 Å². The molecule has 1 aliphatic carbocycles. The van der Waals surface area contributed by atoms with Gasteiger partial charge in [-0.2, -0.15) is 0 Å². The Balaban J connectivity index is 1.44. The van der Waals surface area contributed by atoms with Crippen molar-refractivity contribution in [1.29, 1.82) is 0 Å². The van der Waals surface area contributed by atoms with Crippen molar-refractivity contribution < 1.29 is 4.79 Å². The van der Waals surface area contributed by atoms with Crippen LogP contribution in [0, 0.1) is 13.8 Å². The number of benzene rings is 1. The first-order valence-corrected chi connectivity index (χ1v) is 11.1. The predicted octanol–water partition coefficient (Wildman–Crippen LogP) is 4.77. The minimum atomic E-state index is -0.00628. The van der Waals surface area contributed by atoms with E-state index in [1.807, 2.05) is 6.92 Å². The Bertz CT molecular complexity index is 1010. The van der Waals surface area contributed by atoms with Crippen molar-refractivity contribution in [2.75, 3.05) is 5.75 Å². The van der Waals surface area contributed by atoms with Crippen molar-refractivity contribution in [3.8, 4) is 0 Å². The number of hydrogen-bond acceptors (Lipinski definition) is 5. The summed E-state index contributed by atoms with van der Waals surface area (Å²) in [5, 5.41) is 5.22. The van der Waals surface area contributed by atoms with Gasteiger partial charge in [-0.1, -0.05) is 30.0 Å². The van der Waals surface area contributed by atoms with Crippen molar-refractivity contribution in [2.45, 2.75) is 51.1 Å². The molecule has 1 aromatic carbocycles. The molecule has 0 saturated carbocycles. The molecule has 1 unspecified atom stereocenters. The molecule has 4 rings (SSSR count). The van der Waals surface area contributed by atoms with E-state index in [4.69, 9.17) is 0 Å². The number of fused-ring (bicyclic) bond motifs is 3. The van der Waals surface area contributed by atoms with Crippen molar-refractivity contribution in [3.05, 3.63) is 51.7 Å². The smallest absolute Gasteiger partial charge is 0.230 e. The van der Waals surface area contributed by atoms with Crippen LogP contribution in [0.3, 0.4) is 0 Å². The van der Waals surface area contributed by atoms with E-state index in [1.165, 1.54) is 45.1 Å². The minimum absolute atomic E-state index is 0.00628. The van der Waals surface area contributed by atoms with Gasteiger partial charge in [-0.05, 0) is 62.3 Å². The summed E-state index contributed by atoms with van der Waals surface area (Å²) >= 11 is 3.30. The molecule has 0 fully saturated rings. The molecule has 1 amide bonds. The second-order valence-corrected chi connectivity index (χ2v) is 9.19. The SMILES string of the molecule is Cc1ccc(C(C)NC(=O)CSc2ncnc3sc4c(c23)CCC4)cc1C. The molecule has 0 aliphatic heterocycles. The van der Waals surface area contributed by atoms with E-state index in [2.05, 4.69) is 47.3 Å². The minimum Gasteiger partial charge on any atom is -0.349 e.